The third-order valence-corrected chi connectivity index (χ3v) is 3.00. The maximum absolute atomic E-state index is 11.4. The van der Waals surface area contributed by atoms with Gasteiger partial charge in [-0.1, -0.05) is 35.5 Å². The highest BCUT2D eigenvalue weighted by Crippen LogP contribution is 2.11. The van der Waals surface area contributed by atoms with Gasteiger partial charge in [-0.15, -0.1) is 5.10 Å². The fraction of sp³-hybridized carbons (Fsp3) is 0.357. The Kier molecular flexibility index (Phi) is 5.42. The van der Waals surface area contributed by atoms with Crippen molar-refractivity contribution in [2.75, 3.05) is 6.61 Å². The molecule has 1 atom stereocenters. The number of aryl methyl sites for hydroxylation is 1. The zero-order valence-corrected chi connectivity index (χ0v) is 11.5. The number of carbonyl (C=O) groups is 1. The summed E-state index contributed by atoms with van der Waals surface area (Å²) in [5, 5.41) is 28.8. The van der Waals surface area contributed by atoms with E-state index < -0.39 is 12.0 Å². The van der Waals surface area contributed by atoms with Crippen LogP contribution in [0, 0.1) is 0 Å². The van der Waals surface area contributed by atoms with E-state index >= 15 is 0 Å². The number of rotatable bonds is 8. The number of aromatic nitrogens is 3. The fourth-order valence-electron chi connectivity index (χ4n) is 1.92. The number of aliphatic hydroxyl groups is 1. The summed E-state index contributed by atoms with van der Waals surface area (Å²) in [7, 11) is 0. The number of benzene rings is 1. The highest BCUT2D eigenvalue weighted by molar-refractivity contribution is 5.74. The summed E-state index contributed by atoms with van der Waals surface area (Å²) in [6.07, 6.45) is 2.14. The van der Waals surface area contributed by atoms with Crippen molar-refractivity contribution in [2.45, 2.75) is 25.6 Å². The third-order valence-electron chi connectivity index (χ3n) is 3.00. The first-order valence-electron chi connectivity index (χ1n) is 6.71. The van der Waals surface area contributed by atoms with Gasteiger partial charge in [-0.25, -0.2) is 0 Å². The molecule has 7 nitrogen and oxygen atoms in total. The Bertz CT molecular complexity index is 571. The number of nitrogens with one attached hydrogen (secondary N) is 1. The number of carboxylic acids is 1. The molecular formula is C14H18N4O3. The highest BCUT2D eigenvalue weighted by Gasteiger charge is 2.22. The lowest BCUT2D eigenvalue weighted by atomic mass is 10.2. The SMILES string of the molecule is O=C(O)C(NCc1ccccc1)c1cn(CCCO)nn1. The van der Waals surface area contributed by atoms with E-state index in [0.29, 0.717) is 25.2 Å². The Hall–Kier alpha value is -2.25. The largest absolute Gasteiger partial charge is 0.480 e. The van der Waals surface area contributed by atoms with Gasteiger partial charge in [0, 0.05) is 19.7 Å². The van der Waals surface area contributed by atoms with Crippen molar-refractivity contribution in [3.05, 3.63) is 47.8 Å². The topological polar surface area (TPSA) is 100 Å². The summed E-state index contributed by atoms with van der Waals surface area (Å²) in [5.74, 6) is -1.000. The maximum atomic E-state index is 11.4. The van der Waals surface area contributed by atoms with E-state index in [9.17, 15) is 9.90 Å². The van der Waals surface area contributed by atoms with Crippen LogP contribution in [0.1, 0.15) is 23.7 Å². The molecule has 0 amide bonds. The van der Waals surface area contributed by atoms with Crippen molar-refractivity contribution in [1.82, 2.24) is 20.3 Å². The number of hydrogen-bond donors (Lipinski definition) is 3. The lowest BCUT2D eigenvalue weighted by Gasteiger charge is -2.11. The van der Waals surface area contributed by atoms with Crippen LogP contribution in [0.15, 0.2) is 36.5 Å². The smallest absolute Gasteiger partial charge is 0.327 e. The molecule has 0 aliphatic carbocycles. The van der Waals surface area contributed by atoms with Gasteiger partial charge >= 0.3 is 5.97 Å². The van der Waals surface area contributed by atoms with Gasteiger partial charge in [0.25, 0.3) is 0 Å². The van der Waals surface area contributed by atoms with Crippen molar-refractivity contribution in [3.63, 3.8) is 0 Å². The van der Waals surface area contributed by atoms with Crippen molar-refractivity contribution >= 4 is 5.97 Å². The van der Waals surface area contributed by atoms with Crippen molar-refractivity contribution < 1.29 is 15.0 Å². The standard InChI is InChI=1S/C14H18N4O3/c19-8-4-7-18-10-12(16-17-18)13(14(20)21)15-9-11-5-2-1-3-6-11/h1-3,5-6,10,13,15,19H,4,7-9H2,(H,20,21). The van der Waals surface area contributed by atoms with E-state index in [0.717, 1.165) is 5.56 Å². The Balaban J connectivity index is 2.01. The van der Waals surface area contributed by atoms with Crippen LogP contribution in [0.2, 0.25) is 0 Å². The molecule has 21 heavy (non-hydrogen) atoms. The maximum Gasteiger partial charge on any atom is 0.327 e. The highest BCUT2D eigenvalue weighted by atomic mass is 16.4. The quantitative estimate of drug-likeness (QED) is 0.657. The zero-order chi connectivity index (χ0) is 15.1. The predicted octanol–water partition coefficient (Wildman–Crippen LogP) is 0.576. The lowest BCUT2D eigenvalue weighted by Crippen LogP contribution is -2.28. The van der Waals surface area contributed by atoms with Crippen LogP contribution in [0.4, 0.5) is 0 Å². The Morgan fingerprint density at radius 3 is 2.76 bits per heavy atom. The minimum Gasteiger partial charge on any atom is -0.480 e. The molecule has 0 spiro atoms. The fourth-order valence-corrected chi connectivity index (χ4v) is 1.92. The van der Waals surface area contributed by atoms with Crippen molar-refractivity contribution in [1.29, 1.82) is 0 Å². The molecule has 112 valence electrons. The summed E-state index contributed by atoms with van der Waals surface area (Å²) in [6, 6.07) is 8.64. The van der Waals surface area contributed by atoms with E-state index in [1.165, 1.54) is 4.68 Å². The van der Waals surface area contributed by atoms with Crippen LogP contribution >= 0.6 is 0 Å². The monoisotopic (exact) mass is 290 g/mol. The van der Waals surface area contributed by atoms with Gasteiger partial charge in [-0.05, 0) is 12.0 Å². The second kappa shape index (κ2) is 7.51. The number of aliphatic hydroxyl groups excluding tert-OH is 1. The molecule has 0 aliphatic rings. The minimum absolute atomic E-state index is 0.0593. The van der Waals surface area contributed by atoms with Gasteiger partial charge in [-0.3, -0.25) is 14.8 Å². The minimum atomic E-state index is -1.000. The van der Waals surface area contributed by atoms with Gasteiger partial charge in [-0.2, -0.15) is 0 Å². The molecular weight excluding hydrogens is 272 g/mol. The molecule has 0 aliphatic heterocycles. The Labute approximate surface area is 122 Å². The van der Waals surface area contributed by atoms with E-state index in [1.807, 2.05) is 30.3 Å². The summed E-state index contributed by atoms with van der Waals surface area (Å²) in [6.45, 7) is 1.000. The van der Waals surface area contributed by atoms with Crippen LogP contribution in [-0.2, 0) is 17.9 Å². The molecule has 0 fully saturated rings. The second-order valence-corrected chi connectivity index (χ2v) is 4.62. The summed E-state index contributed by atoms with van der Waals surface area (Å²) in [4.78, 5) is 11.4. The van der Waals surface area contributed by atoms with Gasteiger partial charge in [0.1, 0.15) is 5.69 Å². The lowest BCUT2D eigenvalue weighted by molar-refractivity contribution is -0.139. The predicted molar refractivity (Wildman–Crippen MR) is 75.4 cm³/mol. The molecule has 1 aromatic carbocycles. The number of carboxylic acid groups (broad SMARTS) is 1. The van der Waals surface area contributed by atoms with Gasteiger partial charge in [0.2, 0.25) is 0 Å². The van der Waals surface area contributed by atoms with Crippen LogP contribution in [0.25, 0.3) is 0 Å². The van der Waals surface area contributed by atoms with E-state index in [4.69, 9.17) is 5.11 Å². The molecule has 0 bridgehead atoms. The number of nitrogens with zero attached hydrogens (tertiary/aromatic N) is 3. The van der Waals surface area contributed by atoms with Crippen molar-refractivity contribution in [3.8, 4) is 0 Å². The van der Waals surface area contributed by atoms with Crippen LogP contribution in [-0.4, -0.2) is 37.8 Å². The summed E-state index contributed by atoms with van der Waals surface area (Å²) < 4.78 is 1.53. The van der Waals surface area contributed by atoms with E-state index in [-0.39, 0.29) is 6.61 Å². The Morgan fingerprint density at radius 2 is 2.10 bits per heavy atom. The molecule has 1 unspecified atom stereocenters. The van der Waals surface area contributed by atoms with Gasteiger partial charge in [0.15, 0.2) is 6.04 Å². The molecule has 0 saturated carbocycles. The molecule has 7 heteroatoms. The van der Waals surface area contributed by atoms with Crippen LogP contribution in [0.5, 0.6) is 0 Å². The summed E-state index contributed by atoms with van der Waals surface area (Å²) >= 11 is 0. The summed E-state index contributed by atoms with van der Waals surface area (Å²) in [5.41, 5.74) is 1.35. The first-order valence-corrected chi connectivity index (χ1v) is 6.71. The molecule has 3 N–H and O–H groups in total. The van der Waals surface area contributed by atoms with E-state index in [1.54, 1.807) is 6.20 Å². The Morgan fingerprint density at radius 1 is 1.33 bits per heavy atom. The first-order chi connectivity index (χ1) is 10.2. The molecule has 0 saturated heterocycles. The third kappa shape index (κ3) is 4.37. The second-order valence-electron chi connectivity index (χ2n) is 4.62. The molecule has 1 aromatic heterocycles. The number of hydrogen-bond acceptors (Lipinski definition) is 5. The van der Waals surface area contributed by atoms with Gasteiger partial charge in [0.05, 0.1) is 6.20 Å². The van der Waals surface area contributed by atoms with Crippen LogP contribution < -0.4 is 5.32 Å². The first kappa shape index (κ1) is 15.1. The molecule has 2 aromatic rings. The van der Waals surface area contributed by atoms with E-state index in [2.05, 4.69) is 15.6 Å². The van der Waals surface area contributed by atoms with Gasteiger partial charge < -0.3 is 10.2 Å². The molecule has 0 radical (unpaired) electrons. The van der Waals surface area contributed by atoms with Crippen LogP contribution in [0.3, 0.4) is 0 Å². The number of aliphatic carboxylic acids is 1. The molecule has 1 heterocycles. The average Bonchev–Trinajstić information content (AvgIpc) is 2.94. The molecule has 2 rings (SSSR count). The average molecular weight is 290 g/mol. The zero-order valence-electron chi connectivity index (χ0n) is 11.5. The normalized spacial score (nSPS) is 12.2. The van der Waals surface area contributed by atoms with Crippen molar-refractivity contribution in [2.24, 2.45) is 0 Å².